The summed E-state index contributed by atoms with van der Waals surface area (Å²) in [6.45, 7) is 2.63. The second-order valence-electron chi connectivity index (χ2n) is 4.90. The fourth-order valence-electron chi connectivity index (χ4n) is 2.15. The molecule has 2 aromatic rings. The van der Waals surface area contributed by atoms with Crippen LogP contribution in [-0.2, 0) is 9.57 Å². The van der Waals surface area contributed by atoms with Gasteiger partial charge in [0.2, 0.25) is 0 Å². The number of nitrogens with zero attached hydrogens (tertiary/aromatic N) is 1. The predicted molar refractivity (Wildman–Crippen MR) is 78.8 cm³/mol. The molecule has 1 aliphatic heterocycles. The van der Waals surface area contributed by atoms with Gasteiger partial charge in [-0.2, -0.15) is 0 Å². The highest BCUT2D eigenvalue weighted by atomic mass is 32.1. The number of ether oxygens (including phenoxy) is 1. The first kappa shape index (κ1) is 14.2. The van der Waals surface area contributed by atoms with Crippen LogP contribution in [0.15, 0.2) is 17.6 Å². The fraction of sp³-hybridized carbons (Fsp3) is 0.429. The van der Waals surface area contributed by atoms with Gasteiger partial charge in [-0.05, 0) is 25.8 Å². The minimum Gasteiger partial charge on any atom is -0.356 e. The third-order valence-corrected chi connectivity index (χ3v) is 4.04. The van der Waals surface area contributed by atoms with E-state index in [1.165, 1.54) is 0 Å². The van der Waals surface area contributed by atoms with E-state index in [1.807, 2.05) is 12.3 Å². The van der Waals surface area contributed by atoms with Crippen molar-refractivity contribution < 1.29 is 14.4 Å². The zero-order valence-electron chi connectivity index (χ0n) is 11.7. The maximum Gasteiger partial charge on any atom is 0.291 e. The van der Waals surface area contributed by atoms with E-state index >= 15 is 0 Å². The number of hydrogen-bond acceptors (Lipinski definition) is 5. The molecule has 112 valence electrons. The van der Waals surface area contributed by atoms with Crippen LogP contribution < -0.4 is 5.48 Å². The number of hydroxylamine groups is 1. The van der Waals surface area contributed by atoms with E-state index in [4.69, 9.17) is 9.57 Å². The number of H-pyrrole nitrogens is 1. The Balaban J connectivity index is 1.59. The largest absolute Gasteiger partial charge is 0.356 e. The highest BCUT2D eigenvalue weighted by molar-refractivity contribution is 7.09. The lowest BCUT2D eigenvalue weighted by Crippen LogP contribution is -2.33. The molecule has 2 aromatic heterocycles. The van der Waals surface area contributed by atoms with E-state index in [1.54, 1.807) is 23.6 Å². The summed E-state index contributed by atoms with van der Waals surface area (Å²) >= 11 is 1.58. The number of carbonyl (C=O) groups is 1. The van der Waals surface area contributed by atoms with Crippen molar-refractivity contribution in [3.05, 3.63) is 28.3 Å². The topological polar surface area (TPSA) is 76.2 Å². The van der Waals surface area contributed by atoms with Gasteiger partial charge in [0.15, 0.2) is 6.29 Å². The lowest BCUT2D eigenvalue weighted by Gasteiger charge is -2.21. The summed E-state index contributed by atoms with van der Waals surface area (Å²) in [5.41, 5.74) is 4.61. The van der Waals surface area contributed by atoms with Gasteiger partial charge >= 0.3 is 0 Å². The quantitative estimate of drug-likeness (QED) is 0.851. The molecule has 1 amide bonds. The van der Waals surface area contributed by atoms with Gasteiger partial charge in [0, 0.05) is 30.2 Å². The van der Waals surface area contributed by atoms with Gasteiger partial charge in [0.05, 0.1) is 10.7 Å². The van der Waals surface area contributed by atoms with Gasteiger partial charge in [-0.15, -0.1) is 11.3 Å². The maximum absolute atomic E-state index is 12.0. The Hall–Kier alpha value is -1.70. The lowest BCUT2D eigenvalue weighted by molar-refractivity contribution is -0.186. The average Bonchev–Trinajstić information content (AvgIpc) is 3.14. The highest BCUT2D eigenvalue weighted by Gasteiger charge is 2.17. The highest BCUT2D eigenvalue weighted by Crippen LogP contribution is 2.22. The van der Waals surface area contributed by atoms with E-state index in [0.717, 1.165) is 35.5 Å². The van der Waals surface area contributed by atoms with Crippen LogP contribution in [0.1, 0.15) is 34.8 Å². The van der Waals surface area contributed by atoms with Gasteiger partial charge in [-0.3, -0.25) is 4.79 Å². The molecule has 0 bridgehead atoms. The van der Waals surface area contributed by atoms with Crippen molar-refractivity contribution >= 4 is 17.2 Å². The van der Waals surface area contributed by atoms with Crippen molar-refractivity contribution in [3.8, 4) is 11.3 Å². The van der Waals surface area contributed by atoms with Gasteiger partial charge < -0.3 is 9.72 Å². The van der Waals surface area contributed by atoms with Crippen LogP contribution >= 0.6 is 11.3 Å². The fourth-order valence-corrected chi connectivity index (χ4v) is 2.77. The van der Waals surface area contributed by atoms with Crippen molar-refractivity contribution in [2.45, 2.75) is 32.5 Å². The minimum absolute atomic E-state index is 0.317. The van der Waals surface area contributed by atoms with E-state index in [0.29, 0.717) is 12.3 Å². The van der Waals surface area contributed by atoms with Crippen molar-refractivity contribution in [1.82, 2.24) is 15.4 Å². The van der Waals surface area contributed by atoms with E-state index < -0.39 is 0 Å². The summed E-state index contributed by atoms with van der Waals surface area (Å²) in [6.07, 6.45) is 4.31. The number of amides is 1. The number of rotatable bonds is 4. The summed E-state index contributed by atoms with van der Waals surface area (Å²) < 4.78 is 5.39. The number of thiazole rings is 1. The summed E-state index contributed by atoms with van der Waals surface area (Å²) in [7, 11) is 0. The third-order valence-electron chi connectivity index (χ3n) is 3.26. The summed E-state index contributed by atoms with van der Waals surface area (Å²) in [6, 6.07) is 1.76. The van der Waals surface area contributed by atoms with Crippen LogP contribution in [0.4, 0.5) is 0 Å². The van der Waals surface area contributed by atoms with Crippen LogP contribution in [0.5, 0.6) is 0 Å². The van der Waals surface area contributed by atoms with Gasteiger partial charge in [0.25, 0.3) is 5.91 Å². The van der Waals surface area contributed by atoms with Crippen molar-refractivity contribution in [3.63, 3.8) is 0 Å². The van der Waals surface area contributed by atoms with Crippen molar-refractivity contribution in [2.24, 2.45) is 0 Å². The van der Waals surface area contributed by atoms with Gasteiger partial charge in [-0.25, -0.2) is 15.3 Å². The van der Waals surface area contributed by atoms with Crippen molar-refractivity contribution in [2.75, 3.05) is 6.61 Å². The SMILES string of the molecule is Cc1nc(-c2c[nH]c(C(=O)NO[C@H]3CCCCO3)c2)cs1. The lowest BCUT2D eigenvalue weighted by atomic mass is 10.2. The van der Waals surface area contributed by atoms with Crippen LogP contribution in [-0.4, -0.2) is 28.8 Å². The smallest absolute Gasteiger partial charge is 0.291 e. The van der Waals surface area contributed by atoms with Crippen LogP contribution in [0, 0.1) is 6.92 Å². The van der Waals surface area contributed by atoms with Crippen LogP contribution in [0.25, 0.3) is 11.3 Å². The monoisotopic (exact) mass is 307 g/mol. The van der Waals surface area contributed by atoms with E-state index in [2.05, 4.69) is 15.4 Å². The molecule has 1 aliphatic rings. The first-order valence-electron chi connectivity index (χ1n) is 6.91. The number of aromatic amines is 1. The van der Waals surface area contributed by atoms with Crippen LogP contribution in [0.3, 0.4) is 0 Å². The molecule has 3 heterocycles. The van der Waals surface area contributed by atoms with E-state index in [-0.39, 0.29) is 12.2 Å². The number of nitrogens with one attached hydrogen (secondary N) is 2. The van der Waals surface area contributed by atoms with Crippen LogP contribution in [0.2, 0.25) is 0 Å². The second kappa shape index (κ2) is 6.38. The molecule has 1 fully saturated rings. The molecule has 3 rings (SSSR count). The second-order valence-corrected chi connectivity index (χ2v) is 5.96. The Morgan fingerprint density at radius 2 is 2.48 bits per heavy atom. The molecule has 0 saturated carbocycles. The molecule has 0 aliphatic carbocycles. The van der Waals surface area contributed by atoms with Gasteiger partial charge in [0.1, 0.15) is 5.69 Å². The summed E-state index contributed by atoms with van der Waals surface area (Å²) in [4.78, 5) is 24.6. The minimum atomic E-state index is -0.349. The zero-order chi connectivity index (χ0) is 14.7. The molecule has 0 spiro atoms. The zero-order valence-corrected chi connectivity index (χ0v) is 12.5. The molecule has 2 N–H and O–H groups in total. The number of hydrogen-bond donors (Lipinski definition) is 2. The third kappa shape index (κ3) is 3.49. The number of aromatic nitrogens is 2. The Morgan fingerprint density at radius 1 is 1.57 bits per heavy atom. The Kier molecular flexibility index (Phi) is 4.33. The Morgan fingerprint density at radius 3 is 3.19 bits per heavy atom. The molecule has 0 radical (unpaired) electrons. The molecule has 0 aromatic carbocycles. The molecule has 6 nitrogen and oxygen atoms in total. The molecular formula is C14H17N3O3S. The summed E-state index contributed by atoms with van der Waals surface area (Å²) in [5.74, 6) is -0.317. The average molecular weight is 307 g/mol. The standard InChI is InChI=1S/C14H17N3O3S/c1-9-16-12(8-21-9)10-6-11(15-7-10)14(18)17-20-13-4-2-3-5-19-13/h6-8,13,15H,2-5H2,1H3,(H,17,18)/t13-/m0/s1. The predicted octanol–water partition coefficient (Wildman–Crippen LogP) is 2.63. The maximum atomic E-state index is 12.0. The Bertz CT molecular complexity index is 617. The molecule has 0 unspecified atom stereocenters. The number of carbonyl (C=O) groups excluding carboxylic acids is 1. The number of aryl methyl sites for hydroxylation is 1. The first-order valence-corrected chi connectivity index (χ1v) is 7.79. The molecule has 7 heteroatoms. The van der Waals surface area contributed by atoms with Gasteiger partial charge in [-0.1, -0.05) is 0 Å². The first-order chi connectivity index (χ1) is 10.2. The Labute approximate surface area is 126 Å². The normalized spacial score (nSPS) is 18.6. The summed E-state index contributed by atoms with van der Waals surface area (Å²) in [5, 5.41) is 2.96. The molecule has 21 heavy (non-hydrogen) atoms. The molecule has 1 saturated heterocycles. The molecular weight excluding hydrogens is 290 g/mol. The van der Waals surface area contributed by atoms with E-state index in [9.17, 15) is 4.79 Å². The molecule has 1 atom stereocenters. The van der Waals surface area contributed by atoms with Crippen molar-refractivity contribution in [1.29, 1.82) is 0 Å².